The molecule has 8 heteroatoms. The van der Waals surface area contributed by atoms with Crippen LogP contribution < -0.4 is 0 Å². The molecule has 0 bridgehead atoms. The Morgan fingerprint density at radius 3 is 3.12 bits per heavy atom. The van der Waals surface area contributed by atoms with E-state index in [1.165, 1.54) is 5.06 Å². The monoisotopic (exact) mass is 347 g/mol. The van der Waals surface area contributed by atoms with Crippen LogP contribution in [-0.2, 0) is 22.7 Å². The number of hydroxylamine groups is 2. The normalized spacial score (nSPS) is 21.7. The molecule has 0 aliphatic carbocycles. The van der Waals surface area contributed by atoms with Crippen molar-refractivity contribution in [3.05, 3.63) is 34.3 Å². The molecule has 2 aromatic rings. The number of rotatable bonds is 3. The van der Waals surface area contributed by atoms with E-state index in [1.54, 1.807) is 17.7 Å². The molecule has 0 saturated carbocycles. The first kappa shape index (κ1) is 15.7. The minimum atomic E-state index is -0.283. The van der Waals surface area contributed by atoms with Crippen molar-refractivity contribution in [3.63, 3.8) is 0 Å². The molecule has 4 heterocycles. The number of thiazole rings is 1. The van der Waals surface area contributed by atoms with Gasteiger partial charge in [0.2, 0.25) is 0 Å². The Morgan fingerprint density at radius 2 is 2.38 bits per heavy atom. The highest BCUT2D eigenvalue weighted by molar-refractivity contribution is 7.09. The zero-order valence-corrected chi connectivity index (χ0v) is 14.5. The van der Waals surface area contributed by atoms with Gasteiger partial charge < -0.3 is 4.57 Å². The summed E-state index contributed by atoms with van der Waals surface area (Å²) in [5.74, 6) is 0.0214. The largest absolute Gasteiger partial charge is 0.319 e. The molecular weight excluding hydrogens is 326 g/mol. The fourth-order valence-electron chi connectivity index (χ4n) is 3.33. The molecule has 2 aliphatic heterocycles. The summed E-state index contributed by atoms with van der Waals surface area (Å²) < 4.78 is 1.99. The van der Waals surface area contributed by atoms with Gasteiger partial charge in [-0.1, -0.05) is 0 Å². The van der Waals surface area contributed by atoms with E-state index in [4.69, 9.17) is 4.84 Å². The van der Waals surface area contributed by atoms with Gasteiger partial charge in [0.1, 0.15) is 6.04 Å². The lowest BCUT2D eigenvalue weighted by Gasteiger charge is -2.36. The molecule has 1 atom stereocenters. The number of amides is 1. The summed E-state index contributed by atoms with van der Waals surface area (Å²) in [6.45, 7) is 5.49. The zero-order valence-electron chi connectivity index (χ0n) is 13.7. The predicted octanol–water partition coefficient (Wildman–Crippen LogP) is 1.76. The molecule has 0 spiro atoms. The second kappa shape index (κ2) is 6.62. The third-order valence-corrected chi connectivity index (χ3v) is 5.31. The number of fused-ring (bicyclic) bond motifs is 1. The molecule has 1 unspecified atom stereocenters. The molecule has 4 rings (SSSR count). The van der Waals surface area contributed by atoms with E-state index in [0.29, 0.717) is 19.7 Å². The van der Waals surface area contributed by atoms with Crippen LogP contribution in [0.4, 0.5) is 0 Å². The first-order valence-electron chi connectivity index (χ1n) is 8.29. The van der Waals surface area contributed by atoms with Gasteiger partial charge in [0.15, 0.2) is 0 Å². The lowest BCUT2D eigenvalue weighted by molar-refractivity contribution is -0.201. The molecule has 0 radical (unpaired) electrons. The summed E-state index contributed by atoms with van der Waals surface area (Å²) in [5, 5.41) is 4.70. The van der Waals surface area contributed by atoms with Gasteiger partial charge in [0.25, 0.3) is 5.91 Å². The van der Waals surface area contributed by atoms with Crippen molar-refractivity contribution in [3.8, 4) is 0 Å². The maximum atomic E-state index is 12.9. The van der Waals surface area contributed by atoms with Crippen molar-refractivity contribution in [2.75, 3.05) is 19.7 Å². The summed E-state index contributed by atoms with van der Waals surface area (Å²) in [5.41, 5.74) is 2.12. The minimum Gasteiger partial charge on any atom is -0.319 e. The lowest BCUT2D eigenvalue weighted by atomic mass is 10.1. The summed E-state index contributed by atoms with van der Waals surface area (Å²) in [6, 6.07) is -0.283. The molecule has 2 aromatic heterocycles. The van der Waals surface area contributed by atoms with Gasteiger partial charge in [-0.3, -0.25) is 14.5 Å². The molecule has 1 saturated heterocycles. The average molecular weight is 347 g/mol. The molecule has 0 aromatic carbocycles. The summed E-state index contributed by atoms with van der Waals surface area (Å²) in [4.78, 5) is 29.5. The van der Waals surface area contributed by atoms with E-state index in [9.17, 15) is 4.79 Å². The standard InChI is InChI=1S/C16H21N5O2S/c1-12-18-13(10-24-12)7-19-8-14-6-17-11-20(14)15(9-19)16(22)21-4-2-3-5-23-21/h6,10-11,15H,2-5,7-9H2,1H3. The predicted molar refractivity (Wildman–Crippen MR) is 89.1 cm³/mol. The van der Waals surface area contributed by atoms with E-state index in [0.717, 1.165) is 42.3 Å². The summed E-state index contributed by atoms with van der Waals surface area (Å²) in [6.07, 6.45) is 5.61. The molecule has 2 aliphatic rings. The van der Waals surface area contributed by atoms with Crippen molar-refractivity contribution < 1.29 is 9.63 Å². The van der Waals surface area contributed by atoms with Crippen molar-refractivity contribution >= 4 is 17.2 Å². The van der Waals surface area contributed by atoms with Crippen LogP contribution in [0.5, 0.6) is 0 Å². The zero-order chi connectivity index (χ0) is 16.5. The number of aryl methyl sites for hydroxylation is 1. The van der Waals surface area contributed by atoms with Crippen LogP contribution >= 0.6 is 11.3 Å². The topological polar surface area (TPSA) is 63.5 Å². The second-order valence-corrected chi connectivity index (χ2v) is 7.38. The first-order chi connectivity index (χ1) is 11.7. The number of nitrogens with zero attached hydrogens (tertiary/aromatic N) is 5. The molecular formula is C16H21N5O2S. The Labute approximate surface area is 144 Å². The maximum absolute atomic E-state index is 12.9. The van der Waals surface area contributed by atoms with Crippen molar-refractivity contribution in [1.82, 2.24) is 24.5 Å². The van der Waals surface area contributed by atoms with Crippen molar-refractivity contribution in [2.45, 2.75) is 38.9 Å². The molecule has 7 nitrogen and oxygen atoms in total. The van der Waals surface area contributed by atoms with Crippen LogP contribution in [0.2, 0.25) is 0 Å². The van der Waals surface area contributed by atoms with E-state index in [1.807, 2.05) is 17.7 Å². The van der Waals surface area contributed by atoms with E-state index >= 15 is 0 Å². The minimum absolute atomic E-state index is 0.0214. The van der Waals surface area contributed by atoms with Gasteiger partial charge in [0.05, 0.1) is 29.3 Å². The van der Waals surface area contributed by atoms with Crippen LogP contribution in [-0.4, -0.2) is 50.1 Å². The Morgan fingerprint density at radius 1 is 1.46 bits per heavy atom. The quantitative estimate of drug-likeness (QED) is 0.847. The van der Waals surface area contributed by atoms with Gasteiger partial charge in [0, 0.05) is 37.8 Å². The average Bonchev–Trinajstić information content (AvgIpc) is 3.23. The maximum Gasteiger partial charge on any atom is 0.270 e. The van der Waals surface area contributed by atoms with Gasteiger partial charge in [-0.2, -0.15) is 0 Å². The third-order valence-electron chi connectivity index (χ3n) is 4.48. The molecule has 24 heavy (non-hydrogen) atoms. The number of imidazole rings is 1. The fraction of sp³-hybridized carbons (Fsp3) is 0.562. The Bertz CT molecular complexity index is 722. The summed E-state index contributed by atoms with van der Waals surface area (Å²) >= 11 is 1.66. The van der Waals surface area contributed by atoms with Crippen LogP contribution in [0, 0.1) is 6.92 Å². The molecule has 0 N–H and O–H groups in total. The highest BCUT2D eigenvalue weighted by Crippen LogP contribution is 2.25. The van der Waals surface area contributed by atoms with Crippen LogP contribution in [0.15, 0.2) is 17.9 Å². The van der Waals surface area contributed by atoms with E-state index in [2.05, 4.69) is 20.2 Å². The van der Waals surface area contributed by atoms with Gasteiger partial charge in [-0.15, -0.1) is 11.3 Å². The summed E-state index contributed by atoms with van der Waals surface area (Å²) in [7, 11) is 0. The number of hydrogen-bond acceptors (Lipinski definition) is 6. The Kier molecular flexibility index (Phi) is 4.34. The lowest BCUT2D eigenvalue weighted by Crippen LogP contribution is -2.47. The third kappa shape index (κ3) is 3.09. The van der Waals surface area contributed by atoms with Gasteiger partial charge in [-0.05, 0) is 19.8 Å². The number of aromatic nitrogens is 3. The van der Waals surface area contributed by atoms with Crippen LogP contribution in [0.25, 0.3) is 0 Å². The second-order valence-electron chi connectivity index (χ2n) is 6.32. The van der Waals surface area contributed by atoms with Crippen molar-refractivity contribution in [1.29, 1.82) is 0 Å². The van der Waals surface area contributed by atoms with Crippen LogP contribution in [0.3, 0.4) is 0 Å². The number of hydrogen-bond donors (Lipinski definition) is 0. The number of carbonyl (C=O) groups excluding carboxylic acids is 1. The SMILES string of the molecule is Cc1nc(CN2Cc3cncn3C(C(=O)N3CCCCO3)C2)cs1. The molecule has 1 fully saturated rings. The Hall–Kier alpha value is -1.77. The smallest absolute Gasteiger partial charge is 0.270 e. The first-order valence-corrected chi connectivity index (χ1v) is 9.17. The van der Waals surface area contributed by atoms with E-state index < -0.39 is 0 Å². The fourth-order valence-corrected chi connectivity index (χ4v) is 3.93. The number of carbonyl (C=O) groups is 1. The molecule has 1 amide bonds. The highest BCUT2D eigenvalue weighted by atomic mass is 32.1. The van der Waals surface area contributed by atoms with Gasteiger partial charge >= 0.3 is 0 Å². The highest BCUT2D eigenvalue weighted by Gasteiger charge is 2.34. The van der Waals surface area contributed by atoms with E-state index in [-0.39, 0.29) is 11.9 Å². The Balaban J connectivity index is 1.53. The van der Waals surface area contributed by atoms with Crippen LogP contribution in [0.1, 0.15) is 35.3 Å². The van der Waals surface area contributed by atoms with Crippen molar-refractivity contribution in [2.24, 2.45) is 0 Å². The van der Waals surface area contributed by atoms with Gasteiger partial charge in [-0.25, -0.2) is 15.0 Å². The molecule has 128 valence electrons.